The molecule has 140 valence electrons. The number of carboxylic acid groups (broad SMARTS) is 1. The van der Waals surface area contributed by atoms with E-state index in [1.54, 1.807) is 13.8 Å². The van der Waals surface area contributed by atoms with E-state index in [4.69, 9.17) is 9.63 Å². The average molecular weight is 373 g/mol. The summed E-state index contributed by atoms with van der Waals surface area (Å²) in [6, 6.07) is 0. The van der Waals surface area contributed by atoms with Gasteiger partial charge in [0.25, 0.3) is 0 Å². The SMILES string of the molecule is Cc1noc(C)c1S(=O)(=O)N1CCC(C(=O)NCCCC(=O)O)CC1. The van der Waals surface area contributed by atoms with Gasteiger partial charge in [0.2, 0.25) is 15.9 Å². The first kappa shape index (κ1) is 19.4. The lowest BCUT2D eigenvalue weighted by molar-refractivity contribution is -0.137. The quantitative estimate of drug-likeness (QED) is 0.672. The second kappa shape index (κ2) is 7.96. The van der Waals surface area contributed by atoms with Gasteiger partial charge in [-0.3, -0.25) is 9.59 Å². The Labute approximate surface area is 146 Å². The van der Waals surface area contributed by atoms with Crippen LogP contribution in [-0.4, -0.2) is 54.5 Å². The molecule has 0 bridgehead atoms. The number of hydrogen-bond donors (Lipinski definition) is 2. The molecule has 2 rings (SSSR count). The van der Waals surface area contributed by atoms with Crippen molar-refractivity contribution < 1.29 is 27.6 Å². The molecule has 1 aromatic heterocycles. The zero-order valence-electron chi connectivity index (χ0n) is 14.3. The zero-order valence-corrected chi connectivity index (χ0v) is 15.1. The Morgan fingerprint density at radius 2 is 1.96 bits per heavy atom. The van der Waals surface area contributed by atoms with E-state index in [1.165, 1.54) is 4.31 Å². The maximum atomic E-state index is 12.7. The minimum absolute atomic E-state index is 0.00834. The number of carbonyl (C=O) groups is 2. The Balaban J connectivity index is 1.89. The molecule has 1 fully saturated rings. The molecule has 0 aliphatic carbocycles. The van der Waals surface area contributed by atoms with Crippen LogP contribution in [0.2, 0.25) is 0 Å². The molecule has 0 aromatic carbocycles. The molecular weight excluding hydrogens is 350 g/mol. The van der Waals surface area contributed by atoms with E-state index in [9.17, 15) is 18.0 Å². The van der Waals surface area contributed by atoms with E-state index in [2.05, 4.69) is 10.5 Å². The number of aliphatic carboxylic acids is 1. The van der Waals surface area contributed by atoms with Crippen molar-refractivity contribution >= 4 is 21.9 Å². The molecule has 0 spiro atoms. The predicted octanol–water partition coefficient (Wildman–Crippen LogP) is 0.673. The largest absolute Gasteiger partial charge is 0.481 e. The van der Waals surface area contributed by atoms with Crippen LogP contribution in [0.3, 0.4) is 0 Å². The Morgan fingerprint density at radius 3 is 2.48 bits per heavy atom. The highest BCUT2D eigenvalue weighted by Gasteiger charge is 2.35. The van der Waals surface area contributed by atoms with Gasteiger partial charge in [0.1, 0.15) is 10.6 Å². The lowest BCUT2D eigenvalue weighted by Crippen LogP contribution is -2.43. The number of rotatable bonds is 7. The minimum Gasteiger partial charge on any atom is -0.481 e. The molecule has 2 N–H and O–H groups in total. The molecule has 25 heavy (non-hydrogen) atoms. The van der Waals surface area contributed by atoms with E-state index in [0.29, 0.717) is 31.5 Å². The van der Waals surface area contributed by atoms with Crippen LogP contribution < -0.4 is 5.32 Å². The minimum atomic E-state index is -3.68. The number of carbonyl (C=O) groups excluding carboxylic acids is 1. The van der Waals surface area contributed by atoms with Crippen LogP contribution in [0, 0.1) is 19.8 Å². The molecule has 2 heterocycles. The number of sulfonamides is 1. The predicted molar refractivity (Wildman–Crippen MR) is 87.3 cm³/mol. The summed E-state index contributed by atoms with van der Waals surface area (Å²) in [6.07, 6.45) is 1.23. The zero-order chi connectivity index (χ0) is 18.6. The third-order valence-corrected chi connectivity index (χ3v) is 6.40. The van der Waals surface area contributed by atoms with Gasteiger partial charge in [-0.05, 0) is 33.1 Å². The third kappa shape index (κ3) is 4.57. The number of aryl methyl sites for hydroxylation is 2. The monoisotopic (exact) mass is 373 g/mol. The summed E-state index contributed by atoms with van der Waals surface area (Å²) >= 11 is 0. The maximum Gasteiger partial charge on any atom is 0.303 e. The van der Waals surface area contributed by atoms with Crippen molar-refractivity contribution in [2.24, 2.45) is 5.92 Å². The highest BCUT2D eigenvalue weighted by atomic mass is 32.2. The molecule has 0 atom stereocenters. The molecule has 1 aromatic rings. The van der Waals surface area contributed by atoms with Crippen LogP contribution in [0.5, 0.6) is 0 Å². The van der Waals surface area contributed by atoms with Crippen molar-refractivity contribution in [3.05, 3.63) is 11.5 Å². The Hall–Kier alpha value is -1.94. The highest BCUT2D eigenvalue weighted by molar-refractivity contribution is 7.89. The van der Waals surface area contributed by atoms with Gasteiger partial charge in [0.15, 0.2) is 5.76 Å². The van der Waals surface area contributed by atoms with E-state index < -0.39 is 16.0 Å². The number of piperidine rings is 1. The Kier molecular flexibility index (Phi) is 6.17. The maximum absolute atomic E-state index is 12.7. The van der Waals surface area contributed by atoms with Gasteiger partial charge in [-0.1, -0.05) is 5.16 Å². The topological polar surface area (TPSA) is 130 Å². The Morgan fingerprint density at radius 1 is 1.32 bits per heavy atom. The van der Waals surface area contributed by atoms with Crippen LogP contribution in [0.4, 0.5) is 0 Å². The molecule has 0 saturated carbocycles. The van der Waals surface area contributed by atoms with Crippen molar-refractivity contribution in [3.63, 3.8) is 0 Å². The van der Waals surface area contributed by atoms with E-state index in [1.807, 2.05) is 0 Å². The number of hydrogen-bond acceptors (Lipinski definition) is 6. The second-order valence-corrected chi connectivity index (χ2v) is 7.99. The number of carboxylic acids is 1. The standard InChI is InChI=1S/C15H23N3O6S/c1-10-14(11(2)24-17-10)25(22,23)18-8-5-12(6-9-18)15(21)16-7-3-4-13(19)20/h12H,3-9H2,1-2H3,(H,16,21)(H,19,20). The van der Waals surface area contributed by atoms with Gasteiger partial charge < -0.3 is 14.9 Å². The summed E-state index contributed by atoms with van der Waals surface area (Å²) in [5.41, 5.74) is 0.329. The lowest BCUT2D eigenvalue weighted by Gasteiger charge is -2.30. The third-order valence-electron chi connectivity index (χ3n) is 4.26. The molecular formula is C15H23N3O6S. The normalized spacial score (nSPS) is 16.7. The first-order valence-corrected chi connectivity index (χ1v) is 9.60. The summed E-state index contributed by atoms with van der Waals surface area (Å²) in [4.78, 5) is 22.6. The van der Waals surface area contributed by atoms with Crippen molar-refractivity contribution in [1.82, 2.24) is 14.8 Å². The first-order valence-electron chi connectivity index (χ1n) is 8.16. The molecule has 1 saturated heterocycles. The number of nitrogens with zero attached hydrogens (tertiary/aromatic N) is 2. The Bertz CT molecular complexity index is 715. The average Bonchev–Trinajstić information content (AvgIpc) is 2.90. The van der Waals surface area contributed by atoms with Gasteiger partial charge in [0, 0.05) is 32.0 Å². The van der Waals surface area contributed by atoms with Gasteiger partial charge >= 0.3 is 5.97 Å². The molecule has 1 amide bonds. The fourth-order valence-corrected chi connectivity index (χ4v) is 4.69. The van der Waals surface area contributed by atoms with Crippen LogP contribution in [0.1, 0.15) is 37.1 Å². The summed E-state index contributed by atoms with van der Waals surface area (Å²) in [6.45, 7) is 3.95. The first-order chi connectivity index (χ1) is 11.7. The fourth-order valence-electron chi connectivity index (χ4n) is 2.93. The molecule has 9 nitrogen and oxygen atoms in total. The number of aromatic nitrogens is 1. The lowest BCUT2D eigenvalue weighted by atomic mass is 9.97. The van der Waals surface area contributed by atoms with Crippen LogP contribution >= 0.6 is 0 Å². The molecule has 0 unspecified atom stereocenters. The fraction of sp³-hybridized carbons (Fsp3) is 0.667. The van der Waals surface area contributed by atoms with Crippen molar-refractivity contribution in [1.29, 1.82) is 0 Å². The van der Waals surface area contributed by atoms with Crippen molar-refractivity contribution in [2.75, 3.05) is 19.6 Å². The smallest absolute Gasteiger partial charge is 0.303 e. The van der Waals surface area contributed by atoms with Crippen LogP contribution in [-0.2, 0) is 19.6 Å². The summed E-state index contributed by atoms with van der Waals surface area (Å²) < 4.78 is 31.7. The van der Waals surface area contributed by atoms with Gasteiger partial charge in [-0.2, -0.15) is 4.31 Å². The van der Waals surface area contributed by atoms with Gasteiger partial charge in [-0.25, -0.2) is 8.42 Å². The van der Waals surface area contributed by atoms with Gasteiger partial charge in [0.05, 0.1) is 0 Å². The van der Waals surface area contributed by atoms with E-state index >= 15 is 0 Å². The highest BCUT2D eigenvalue weighted by Crippen LogP contribution is 2.27. The molecule has 0 radical (unpaired) electrons. The molecule has 10 heteroatoms. The summed E-state index contributed by atoms with van der Waals surface area (Å²) in [7, 11) is -3.68. The second-order valence-electron chi connectivity index (χ2n) is 6.12. The van der Waals surface area contributed by atoms with Crippen LogP contribution in [0.25, 0.3) is 0 Å². The molecule has 1 aliphatic heterocycles. The van der Waals surface area contributed by atoms with Crippen molar-refractivity contribution in [2.45, 2.75) is 44.4 Å². The van der Waals surface area contributed by atoms with E-state index in [-0.39, 0.29) is 42.0 Å². The summed E-state index contributed by atoms with van der Waals surface area (Å²) in [5, 5.41) is 15.0. The number of amides is 1. The summed E-state index contributed by atoms with van der Waals surface area (Å²) in [5.74, 6) is -1.05. The van der Waals surface area contributed by atoms with E-state index in [0.717, 1.165) is 0 Å². The van der Waals surface area contributed by atoms with Crippen LogP contribution in [0.15, 0.2) is 9.42 Å². The molecule has 1 aliphatic rings. The van der Waals surface area contributed by atoms with Crippen molar-refractivity contribution in [3.8, 4) is 0 Å². The van der Waals surface area contributed by atoms with Gasteiger partial charge in [-0.15, -0.1) is 0 Å². The number of nitrogens with one attached hydrogen (secondary N) is 1.